The molecule has 8 rings (SSSR count). The van der Waals surface area contributed by atoms with Crippen molar-refractivity contribution in [2.24, 2.45) is 0 Å². The molecule has 12 nitrogen and oxygen atoms in total. The molecule has 2 aliphatic heterocycles. The van der Waals surface area contributed by atoms with Crippen LogP contribution in [0.4, 0.5) is 17.2 Å². The maximum atomic E-state index is 12.5. The van der Waals surface area contributed by atoms with Crippen LogP contribution in [0, 0.1) is 0 Å². The third kappa shape index (κ3) is 8.82. The number of imide groups is 2. The first-order valence-electron chi connectivity index (χ1n) is 15.8. The van der Waals surface area contributed by atoms with Gasteiger partial charge in [0.15, 0.2) is 0 Å². The lowest BCUT2D eigenvalue weighted by molar-refractivity contribution is 0.0627. The third-order valence-electron chi connectivity index (χ3n) is 7.82. The Morgan fingerprint density at radius 2 is 0.943 bits per heavy atom. The fourth-order valence-corrected chi connectivity index (χ4v) is 5.93. The summed E-state index contributed by atoms with van der Waals surface area (Å²) in [4.78, 5) is 67.0. The van der Waals surface area contributed by atoms with E-state index in [1.54, 1.807) is 66.7 Å². The molecule has 4 heterocycles. The van der Waals surface area contributed by atoms with Gasteiger partial charge in [0, 0.05) is 23.5 Å². The van der Waals surface area contributed by atoms with Crippen LogP contribution in [0.1, 0.15) is 52.6 Å². The number of fused-ring (bicyclic) bond motifs is 2. The highest BCUT2D eigenvalue weighted by Gasteiger charge is 2.36. The predicted molar refractivity (Wildman–Crippen MR) is 201 cm³/mol. The van der Waals surface area contributed by atoms with Gasteiger partial charge in [-0.1, -0.05) is 83.3 Å². The monoisotopic (exact) mass is 764 g/mol. The number of halogens is 3. The first-order chi connectivity index (χ1) is 25.6. The lowest BCUT2D eigenvalue weighted by Crippen LogP contribution is -2.29. The third-order valence-corrected chi connectivity index (χ3v) is 8.44. The Hall–Kier alpha value is -6.21. The van der Waals surface area contributed by atoms with Crippen molar-refractivity contribution in [1.29, 1.82) is 0 Å². The summed E-state index contributed by atoms with van der Waals surface area (Å²) < 4.78 is 0. The van der Waals surface area contributed by atoms with Crippen LogP contribution in [0.25, 0.3) is 0 Å². The molecule has 0 radical (unpaired) electrons. The number of carbonyl (C=O) groups is 4. The minimum atomic E-state index is -0.272. The van der Waals surface area contributed by atoms with Gasteiger partial charge in [0.2, 0.25) is 0 Å². The normalized spacial score (nSPS) is 12.7. The maximum absolute atomic E-state index is 12.5. The van der Waals surface area contributed by atoms with Crippen LogP contribution < -0.4 is 11.1 Å². The summed E-state index contributed by atoms with van der Waals surface area (Å²) in [6.45, 7) is 0.448. The van der Waals surface area contributed by atoms with Gasteiger partial charge in [0.1, 0.15) is 33.9 Å². The van der Waals surface area contributed by atoms with Crippen molar-refractivity contribution in [2.75, 3.05) is 11.1 Å². The highest BCUT2D eigenvalue weighted by molar-refractivity contribution is 6.33. The smallest absolute Gasteiger partial charge is 0.261 e. The van der Waals surface area contributed by atoms with Crippen molar-refractivity contribution in [1.82, 2.24) is 29.7 Å². The minimum absolute atomic E-state index is 0.201. The van der Waals surface area contributed by atoms with Gasteiger partial charge in [-0.2, -0.15) is 0 Å². The van der Waals surface area contributed by atoms with Gasteiger partial charge in [-0.25, -0.2) is 19.9 Å². The number of benzene rings is 4. The molecular weight excluding hydrogens is 739 g/mol. The molecule has 0 saturated heterocycles. The number of hydrogen-bond acceptors (Lipinski definition) is 10. The number of anilines is 3. The Morgan fingerprint density at radius 3 is 1.38 bits per heavy atom. The molecule has 0 unspecified atom stereocenters. The highest BCUT2D eigenvalue weighted by Crippen LogP contribution is 2.26. The topological polar surface area (TPSA) is 164 Å². The van der Waals surface area contributed by atoms with E-state index >= 15 is 0 Å². The molecule has 264 valence electrons. The first-order valence-corrected chi connectivity index (χ1v) is 16.9. The Kier molecular flexibility index (Phi) is 11.3. The van der Waals surface area contributed by atoms with Crippen LogP contribution in [-0.4, -0.2) is 53.4 Å². The number of amides is 4. The molecule has 0 spiro atoms. The number of nitrogens with zero attached hydrogens (tertiary/aromatic N) is 6. The molecule has 15 heteroatoms. The average molecular weight is 766 g/mol. The molecule has 6 aromatic rings. The van der Waals surface area contributed by atoms with Gasteiger partial charge in [0.05, 0.1) is 35.3 Å². The van der Waals surface area contributed by atoms with Gasteiger partial charge in [-0.05, 0) is 59.7 Å². The van der Waals surface area contributed by atoms with E-state index in [0.717, 1.165) is 16.8 Å². The van der Waals surface area contributed by atoms with Crippen molar-refractivity contribution >= 4 is 75.6 Å². The zero-order valence-corrected chi connectivity index (χ0v) is 29.8. The molecule has 2 aliphatic rings. The van der Waals surface area contributed by atoms with E-state index in [4.69, 9.17) is 40.5 Å². The van der Waals surface area contributed by atoms with Crippen molar-refractivity contribution in [3.63, 3.8) is 0 Å². The molecule has 53 heavy (non-hydrogen) atoms. The van der Waals surface area contributed by atoms with Crippen LogP contribution >= 0.6 is 34.8 Å². The molecule has 0 saturated carbocycles. The largest absolute Gasteiger partial charge is 0.399 e. The van der Waals surface area contributed by atoms with Gasteiger partial charge in [-0.15, -0.1) is 0 Å². The number of nitrogens with two attached hydrogens (primary N) is 1. The fraction of sp³-hybridized carbons (Fsp3) is 0.0526. The molecule has 3 N–H and O–H groups in total. The zero-order valence-electron chi connectivity index (χ0n) is 27.5. The Bertz CT molecular complexity index is 2270. The number of aromatic nitrogens is 4. The molecule has 0 aliphatic carbocycles. The second-order valence-electron chi connectivity index (χ2n) is 11.4. The number of carbonyl (C=O) groups excluding carboxylic acids is 4. The summed E-state index contributed by atoms with van der Waals surface area (Å²) in [5.41, 5.74) is 10.6. The van der Waals surface area contributed by atoms with E-state index in [0.29, 0.717) is 49.2 Å². The van der Waals surface area contributed by atoms with E-state index in [-0.39, 0.29) is 36.7 Å². The Balaban J connectivity index is 0.000000155. The van der Waals surface area contributed by atoms with Gasteiger partial charge in [0.25, 0.3) is 23.6 Å². The minimum Gasteiger partial charge on any atom is -0.399 e. The Morgan fingerprint density at radius 1 is 0.509 bits per heavy atom. The van der Waals surface area contributed by atoms with Gasteiger partial charge in [-0.3, -0.25) is 29.0 Å². The summed E-state index contributed by atoms with van der Waals surface area (Å²) in [5.74, 6) is -0.480. The summed E-state index contributed by atoms with van der Waals surface area (Å²) >= 11 is 16.7. The standard InChI is InChI=1S/C19H13ClN4O2.C15H12N2O2.C4H2Cl2N2/c20-16-9-17(22-11-21-16)23-13-5-3-4-12(8-13)10-24-18(25)14-6-1-2-7-15(14)19(24)26;16-11-5-3-4-10(8-11)9-17-14(18)12-6-1-2-7-13(12)15(17)19;5-3-1-4(6)8-2-7-3/h1-9,11H,10H2,(H,21,22,23);1-8H,9,16H2;1-2H. The number of nitrogens with one attached hydrogen (secondary N) is 1. The lowest BCUT2D eigenvalue weighted by atomic mass is 10.1. The van der Waals surface area contributed by atoms with E-state index in [1.807, 2.05) is 36.4 Å². The number of nitrogen functional groups attached to an aromatic ring is 1. The summed E-state index contributed by atoms with van der Waals surface area (Å²) in [6, 6.07) is 31.4. The first kappa shape index (κ1) is 36.6. The zero-order chi connectivity index (χ0) is 37.5. The molecule has 2 aromatic heterocycles. The van der Waals surface area contributed by atoms with Crippen LogP contribution in [0.3, 0.4) is 0 Å². The van der Waals surface area contributed by atoms with Crippen molar-refractivity contribution < 1.29 is 19.2 Å². The average Bonchev–Trinajstić information content (AvgIpc) is 3.53. The predicted octanol–water partition coefficient (Wildman–Crippen LogP) is 7.52. The molecule has 0 fully saturated rings. The molecule has 4 amide bonds. The number of hydrogen-bond donors (Lipinski definition) is 2. The summed E-state index contributed by atoms with van der Waals surface area (Å²) in [5, 5.41) is 4.19. The van der Waals surface area contributed by atoms with Crippen LogP contribution in [-0.2, 0) is 13.1 Å². The van der Waals surface area contributed by atoms with Gasteiger partial charge < -0.3 is 11.1 Å². The van der Waals surface area contributed by atoms with Crippen molar-refractivity contribution in [2.45, 2.75) is 13.1 Å². The lowest BCUT2D eigenvalue weighted by Gasteiger charge is -2.15. The summed E-state index contributed by atoms with van der Waals surface area (Å²) in [6.07, 6.45) is 2.68. The molecule has 0 bridgehead atoms. The Labute approximate surface area is 318 Å². The molecule has 0 atom stereocenters. The fourth-order valence-electron chi connectivity index (χ4n) is 5.43. The quantitative estimate of drug-likeness (QED) is 0.0985. The van der Waals surface area contributed by atoms with Crippen LogP contribution in [0.15, 0.2) is 122 Å². The van der Waals surface area contributed by atoms with Crippen molar-refractivity contribution in [3.8, 4) is 0 Å². The van der Waals surface area contributed by atoms with Crippen molar-refractivity contribution in [3.05, 3.63) is 171 Å². The summed E-state index contributed by atoms with van der Waals surface area (Å²) in [7, 11) is 0. The van der Waals surface area contributed by atoms with Gasteiger partial charge >= 0.3 is 0 Å². The van der Waals surface area contributed by atoms with E-state index in [2.05, 4.69) is 25.3 Å². The van der Waals surface area contributed by atoms with E-state index in [1.165, 1.54) is 28.5 Å². The van der Waals surface area contributed by atoms with Crippen LogP contribution in [0.5, 0.6) is 0 Å². The van der Waals surface area contributed by atoms with Crippen LogP contribution in [0.2, 0.25) is 15.5 Å². The second kappa shape index (κ2) is 16.4. The van der Waals surface area contributed by atoms with E-state index in [9.17, 15) is 19.2 Å². The molecular formula is C38H27Cl3N8O4. The molecule has 4 aromatic carbocycles. The highest BCUT2D eigenvalue weighted by atomic mass is 35.5. The maximum Gasteiger partial charge on any atom is 0.261 e. The second-order valence-corrected chi connectivity index (χ2v) is 12.6. The van der Waals surface area contributed by atoms with E-state index < -0.39 is 0 Å². The SMILES string of the molecule is Clc1cc(Cl)ncn1.Nc1cccc(CN2C(=O)c3ccccc3C2=O)c1.O=C1c2ccccc2C(=O)N1Cc1cccc(Nc2cc(Cl)ncn2)c1. The number of rotatable bonds is 6.